The molecule has 1 saturated heterocycles. The van der Waals surface area contributed by atoms with Crippen molar-refractivity contribution in [3.63, 3.8) is 0 Å². The largest absolute Gasteiger partial charge is 0.366 e. The SMILES string of the molecule is Cc1nc2ncnn2c(NC2CCN(C3CCCC3)C2)c1C. The van der Waals surface area contributed by atoms with Crippen LogP contribution in [0.2, 0.25) is 0 Å². The first kappa shape index (κ1) is 13.9. The molecule has 3 heterocycles. The lowest BCUT2D eigenvalue weighted by molar-refractivity contribution is 0.245. The van der Waals surface area contributed by atoms with Gasteiger partial charge in [-0.15, -0.1) is 0 Å². The highest BCUT2D eigenvalue weighted by Crippen LogP contribution is 2.28. The molecule has 6 nitrogen and oxygen atoms in total. The van der Waals surface area contributed by atoms with E-state index in [2.05, 4.69) is 32.2 Å². The number of aryl methyl sites for hydroxylation is 1. The minimum absolute atomic E-state index is 0.494. The minimum atomic E-state index is 0.494. The van der Waals surface area contributed by atoms with Crippen LogP contribution in [0.15, 0.2) is 6.33 Å². The number of hydrogen-bond donors (Lipinski definition) is 1. The molecule has 2 aliphatic rings. The van der Waals surface area contributed by atoms with Gasteiger partial charge in [-0.25, -0.2) is 4.98 Å². The molecular weight excluding hydrogens is 276 g/mol. The number of fused-ring (bicyclic) bond motifs is 1. The van der Waals surface area contributed by atoms with Crippen LogP contribution in [0.4, 0.5) is 5.82 Å². The van der Waals surface area contributed by atoms with E-state index in [9.17, 15) is 0 Å². The summed E-state index contributed by atoms with van der Waals surface area (Å²) >= 11 is 0. The van der Waals surface area contributed by atoms with Gasteiger partial charge in [0.2, 0.25) is 0 Å². The molecule has 1 aliphatic heterocycles. The summed E-state index contributed by atoms with van der Waals surface area (Å²) in [5.41, 5.74) is 2.19. The van der Waals surface area contributed by atoms with Crippen molar-refractivity contribution in [1.82, 2.24) is 24.5 Å². The van der Waals surface area contributed by atoms with E-state index < -0.39 is 0 Å². The van der Waals surface area contributed by atoms with E-state index in [1.165, 1.54) is 38.6 Å². The molecule has 2 aromatic rings. The van der Waals surface area contributed by atoms with Gasteiger partial charge in [-0.3, -0.25) is 4.90 Å². The van der Waals surface area contributed by atoms with Gasteiger partial charge in [0.15, 0.2) is 0 Å². The van der Waals surface area contributed by atoms with Gasteiger partial charge in [0.25, 0.3) is 5.78 Å². The van der Waals surface area contributed by atoms with Crippen molar-refractivity contribution in [2.75, 3.05) is 18.4 Å². The molecule has 6 heteroatoms. The van der Waals surface area contributed by atoms with Gasteiger partial charge in [0.05, 0.1) is 0 Å². The van der Waals surface area contributed by atoms with E-state index in [0.29, 0.717) is 11.8 Å². The highest BCUT2D eigenvalue weighted by molar-refractivity contribution is 5.52. The first-order valence-corrected chi connectivity index (χ1v) is 8.40. The second kappa shape index (κ2) is 5.50. The Balaban J connectivity index is 1.54. The van der Waals surface area contributed by atoms with E-state index >= 15 is 0 Å². The maximum Gasteiger partial charge on any atom is 0.254 e. The van der Waals surface area contributed by atoms with Crippen LogP contribution >= 0.6 is 0 Å². The van der Waals surface area contributed by atoms with Crippen molar-refractivity contribution in [2.45, 2.75) is 58.0 Å². The van der Waals surface area contributed by atoms with E-state index in [1.807, 2.05) is 11.4 Å². The van der Waals surface area contributed by atoms with E-state index in [-0.39, 0.29) is 0 Å². The Morgan fingerprint density at radius 2 is 2.00 bits per heavy atom. The number of nitrogens with zero attached hydrogens (tertiary/aromatic N) is 5. The van der Waals surface area contributed by atoms with Gasteiger partial charge in [-0.1, -0.05) is 12.8 Å². The van der Waals surface area contributed by atoms with Gasteiger partial charge >= 0.3 is 0 Å². The van der Waals surface area contributed by atoms with Crippen molar-refractivity contribution < 1.29 is 0 Å². The Hall–Kier alpha value is -1.69. The van der Waals surface area contributed by atoms with Gasteiger partial charge in [0, 0.05) is 36.4 Å². The zero-order valence-electron chi connectivity index (χ0n) is 13.4. The molecule has 0 radical (unpaired) electrons. The Morgan fingerprint density at radius 3 is 2.82 bits per heavy atom. The van der Waals surface area contributed by atoms with Crippen LogP contribution in [-0.4, -0.2) is 49.7 Å². The summed E-state index contributed by atoms with van der Waals surface area (Å²) in [4.78, 5) is 11.4. The molecule has 0 amide bonds. The summed E-state index contributed by atoms with van der Waals surface area (Å²) < 4.78 is 1.83. The van der Waals surface area contributed by atoms with Crippen LogP contribution in [0.1, 0.15) is 43.4 Å². The molecule has 0 aromatic carbocycles. The number of anilines is 1. The Bertz CT molecular complexity index is 673. The van der Waals surface area contributed by atoms with Gasteiger partial charge in [-0.2, -0.15) is 14.6 Å². The molecule has 1 N–H and O–H groups in total. The molecule has 0 spiro atoms. The molecule has 0 bridgehead atoms. The van der Waals surface area contributed by atoms with Gasteiger partial charge in [-0.05, 0) is 33.1 Å². The van der Waals surface area contributed by atoms with E-state index in [4.69, 9.17) is 0 Å². The van der Waals surface area contributed by atoms with E-state index in [0.717, 1.165) is 29.7 Å². The third kappa shape index (κ3) is 2.35. The summed E-state index contributed by atoms with van der Waals surface area (Å²) in [5, 5.41) is 8.04. The fourth-order valence-corrected chi connectivity index (χ4v) is 3.90. The number of rotatable bonds is 3. The zero-order chi connectivity index (χ0) is 15.1. The average molecular weight is 300 g/mol. The van der Waals surface area contributed by atoms with Gasteiger partial charge < -0.3 is 5.32 Å². The second-order valence-electron chi connectivity index (χ2n) is 6.71. The normalized spacial score (nSPS) is 23.6. The maximum absolute atomic E-state index is 4.49. The first-order chi connectivity index (χ1) is 10.7. The highest BCUT2D eigenvalue weighted by Gasteiger charge is 2.30. The predicted octanol–water partition coefficient (Wildman–Crippen LogP) is 2.17. The molecule has 1 unspecified atom stereocenters. The monoisotopic (exact) mass is 300 g/mol. The third-order valence-electron chi connectivity index (χ3n) is 5.31. The fraction of sp³-hybridized carbons (Fsp3) is 0.688. The summed E-state index contributed by atoms with van der Waals surface area (Å²) in [7, 11) is 0. The van der Waals surface area contributed by atoms with E-state index in [1.54, 1.807) is 6.33 Å². The Labute approximate surface area is 130 Å². The quantitative estimate of drug-likeness (QED) is 0.941. The zero-order valence-corrected chi connectivity index (χ0v) is 13.4. The summed E-state index contributed by atoms with van der Waals surface area (Å²) in [6, 6.07) is 1.31. The van der Waals surface area contributed by atoms with Crippen LogP contribution in [0, 0.1) is 13.8 Å². The lowest BCUT2D eigenvalue weighted by Gasteiger charge is -2.24. The Kier molecular flexibility index (Phi) is 3.48. The molecule has 2 fully saturated rings. The van der Waals surface area contributed by atoms with Crippen LogP contribution in [0.5, 0.6) is 0 Å². The predicted molar refractivity (Wildman–Crippen MR) is 86.1 cm³/mol. The van der Waals surface area contributed by atoms with Crippen LogP contribution in [-0.2, 0) is 0 Å². The maximum atomic E-state index is 4.49. The third-order valence-corrected chi connectivity index (χ3v) is 5.31. The Morgan fingerprint density at radius 1 is 1.18 bits per heavy atom. The first-order valence-electron chi connectivity index (χ1n) is 8.40. The van der Waals surface area contributed by atoms with Crippen molar-refractivity contribution >= 4 is 11.6 Å². The van der Waals surface area contributed by atoms with Crippen molar-refractivity contribution in [2.24, 2.45) is 0 Å². The molecule has 1 aliphatic carbocycles. The molecule has 22 heavy (non-hydrogen) atoms. The van der Waals surface area contributed by atoms with Crippen LogP contribution in [0.25, 0.3) is 5.78 Å². The minimum Gasteiger partial charge on any atom is -0.366 e. The summed E-state index contributed by atoms with van der Waals surface area (Å²) in [6.07, 6.45) is 8.35. The highest BCUT2D eigenvalue weighted by atomic mass is 15.4. The molecule has 118 valence electrons. The van der Waals surface area contributed by atoms with Crippen LogP contribution < -0.4 is 5.32 Å². The van der Waals surface area contributed by atoms with Crippen LogP contribution in [0.3, 0.4) is 0 Å². The molecule has 1 saturated carbocycles. The van der Waals surface area contributed by atoms with Gasteiger partial charge in [0.1, 0.15) is 12.1 Å². The number of aromatic nitrogens is 4. The lowest BCUT2D eigenvalue weighted by Crippen LogP contribution is -2.33. The van der Waals surface area contributed by atoms with Crippen molar-refractivity contribution in [3.8, 4) is 0 Å². The smallest absolute Gasteiger partial charge is 0.254 e. The molecule has 4 rings (SSSR count). The topological polar surface area (TPSA) is 58.4 Å². The number of hydrogen-bond acceptors (Lipinski definition) is 5. The molecule has 1 atom stereocenters. The standard InChI is InChI=1S/C16H24N6/c1-11-12(2)19-16-17-10-18-22(16)15(11)20-13-7-8-21(9-13)14-5-3-4-6-14/h10,13-14,20H,3-9H2,1-2H3. The van der Waals surface area contributed by atoms with Crippen molar-refractivity contribution in [3.05, 3.63) is 17.6 Å². The number of likely N-dealkylation sites (tertiary alicyclic amines) is 1. The average Bonchev–Trinajstić information content (AvgIpc) is 3.23. The second-order valence-corrected chi connectivity index (χ2v) is 6.71. The molecule has 2 aromatic heterocycles. The molecular formula is C16H24N6. The fourth-order valence-electron chi connectivity index (χ4n) is 3.90. The van der Waals surface area contributed by atoms with Crippen molar-refractivity contribution in [1.29, 1.82) is 0 Å². The summed E-state index contributed by atoms with van der Waals surface area (Å²) in [6.45, 7) is 6.50. The number of nitrogens with one attached hydrogen (secondary N) is 1. The lowest BCUT2D eigenvalue weighted by atomic mass is 10.2. The summed E-state index contributed by atoms with van der Waals surface area (Å²) in [5.74, 6) is 1.73.